The Labute approximate surface area is 127 Å². The minimum atomic E-state index is -0.279. The Bertz CT molecular complexity index is 651. The molecule has 0 bridgehead atoms. The van der Waals surface area contributed by atoms with Gasteiger partial charge in [-0.2, -0.15) is 0 Å². The first-order chi connectivity index (χ1) is 10.4. The van der Waals surface area contributed by atoms with Crippen molar-refractivity contribution in [2.24, 2.45) is 0 Å². The van der Waals surface area contributed by atoms with Gasteiger partial charge in [-0.25, -0.2) is 0 Å². The molecule has 0 amide bonds. The summed E-state index contributed by atoms with van der Waals surface area (Å²) in [5, 5.41) is 2.98. The fraction of sp³-hybridized carbons (Fsp3) is 0.100. The third-order valence-corrected chi connectivity index (χ3v) is 6.36. The highest BCUT2D eigenvalue weighted by molar-refractivity contribution is 7.55. The number of hydrogen-bond donors (Lipinski definition) is 0. The van der Waals surface area contributed by atoms with E-state index in [0.29, 0.717) is 0 Å². The van der Waals surface area contributed by atoms with E-state index < -0.39 is 0 Å². The number of benzene rings is 2. The van der Waals surface area contributed by atoms with Crippen molar-refractivity contribution in [2.45, 2.75) is 12.6 Å². The van der Waals surface area contributed by atoms with Crippen molar-refractivity contribution in [3.63, 3.8) is 0 Å². The van der Waals surface area contributed by atoms with E-state index in [2.05, 4.69) is 79.4 Å². The Balaban J connectivity index is 2.09. The summed E-state index contributed by atoms with van der Waals surface area (Å²) >= 11 is 0. The molecule has 0 aliphatic rings. The van der Waals surface area contributed by atoms with Crippen LogP contribution in [0.1, 0.15) is 6.42 Å². The molecule has 3 aromatic rings. The molecule has 0 spiro atoms. The van der Waals surface area contributed by atoms with E-state index >= 15 is 0 Å². The van der Waals surface area contributed by atoms with Gasteiger partial charge in [-0.3, -0.25) is 0 Å². The van der Waals surface area contributed by atoms with Crippen LogP contribution in [-0.4, -0.2) is 0 Å². The summed E-state index contributed by atoms with van der Waals surface area (Å²) in [5.74, 6) is 0. The Kier molecular flexibility index (Phi) is 4.38. The van der Waals surface area contributed by atoms with Crippen molar-refractivity contribution < 1.29 is 0 Å². The van der Waals surface area contributed by atoms with Crippen molar-refractivity contribution in [2.75, 3.05) is 0 Å². The highest BCUT2D eigenvalue weighted by Gasteiger charge is 2.12. The lowest BCUT2D eigenvalue weighted by molar-refractivity contribution is 1.16. The minimum Gasteiger partial charge on any atom is -0.108 e. The van der Waals surface area contributed by atoms with Gasteiger partial charge in [0.25, 0.3) is 0 Å². The summed E-state index contributed by atoms with van der Waals surface area (Å²) in [4.78, 5) is 0. The summed E-state index contributed by atoms with van der Waals surface area (Å²) in [7, 11) is -0.279. The maximum absolute atomic E-state index is 3.89. The third kappa shape index (κ3) is 3.01. The van der Waals surface area contributed by atoms with Gasteiger partial charge in [0.05, 0.1) is 0 Å². The van der Waals surface area contributed by atoms with Gasteiger partial charge in [0.2, 0.25) is 0 Å². The van der Waals surface area contributed by atoms with Crippen LogP contribution in [-0.2, 0) is 6.16 Å². The first-order valence-corrected chi connectivity index (χ1v) is 8.84. The topological polar surface area (TPSA) is 0 Å². The molecule has 0 radical (unpaired) electrons. The molecule has 1 heteroatoms. The van der Waals surface area contributed by atoms with Gasteiger partial charge in [-0.05, 0) is 35.8 Å². The van der Waals surface area contributed by atoms with E-state index in [1.165, 1.54) is 27.9 Å². The van der Waals surface area contributed by atoms with Crippen molar-refractivity contribution in [3.8, 4) is 21.7 Å². The second-order valence-corrected chi connectivity index (χ2v) is 7.33. The van der Waals surface area contributed by atoms with E-state index in [-0.39, 0.29) is 7.53 Å². The fourth-order valence-electron chi connectivity index (χ4n) is 2.65. The molecule has 3 rings (SSSR count). The molecule has 0 N–H and O–H groups in total. The van der Waals surface area contributed by atoms with Crippen LogP contribution in [0.4, 0.5) is 0 Å². The van der Waals surface area contributed by atoms with E-state index in [0.717, 1.165) is 6.42 Å². The summed E-state index contributed by atoms with van der Waals surface area (Å²) in [6.07, 6.45) is 4.28. The van der Waals surface area contributed by atoms with Crippen molar-refractivity contribution in [1.29, 1.82) is 0 Å². The summed E-state index contributed by atoms with van der Waals surface area (Å²) in [6.45, 7) is 3.89. The Hall–Kier alpha value is -2.04. The van der Waals surface area contributed by atoms with Crippen LogP contribution in [0.3, 0.4) is 0 Å². The summed E-state index contributed by atoms with van der Waals surface area (Å²) in [6, 6.07) is 26.2. The lowest BCUT2D eigenvalue weighted by atomic mass is 10.2. The predicted octanol–water partition coefficient (Wildman–Crippen LogP) is 6.58. The van der Waals surface area contributed by atoms with Gasteiger partial charge in [-0.15, -0.1) is 14.1 Å². The van der Waals surface area contributed by atoms with Crippen LogP contribution in [0, 0.1) is 0 Å². The first-order valence-electron chi connectivity index (χ1n) is 7.31. The Morgan fingerprint density at radius 1 is 0.714 bits per heavy atom. The zero-order valence-electron chi connectivity index (χ0n) is 12.1. The molecule has 0 aliphatic heterocycles. The maximum Gasteiger partial charge on any atom is 0.00179 e. The maximum atomic E-state index is 3.89. The Morgan fingerprint density at radius 3 is 1.62 bits per heavy atom. The smallest absolute Gasteiger partial charge is 0.00179 e. The minimum absolute atomic E-state index is 0.279. The molecule has 0 atom stereocenters. The highest BCUT2D eigenvalue weighted by Crippen LogP contribution is 2.51. The number of rotatable bonds is 5. The van der Waals surface area contributed by atoms with Crippen molar-refractivity contribution in [3.05, 3.63) is 85.5 Å². The highest BCUT2D eigenvalue weighted by atomic mass is 31.1. The third-order valence-electron chi connectivity index (χ3n) is 3.68. The zero-order valence-corrected chi connectivity index (χ0v) is 13.0. The van der Waals surface area contributed by atoms with E-state index in [4.69, 9.17) is 0 Å². The summed E-state index contributed by atoms with van der Waals surface area (Å²) < 4.78 is 0. The summed E-state index contributed by atoms with van der Waals surface area (Å²) in [5.41, 5.74) is 2.71. The molecular formula is C20H19P. The average molecular weight is 290 g/mol. The van der Waals surface area contributed by atoms with E-state index in [1.54, 1.807) is 0 Å². The van der Waals surface area contributed by atoms with Gasteiger partial charge in [-0.1, -0.05) is 66.7 Å². The molecule has 1 aromatic heterocycles. The lowest BCUT2D eigenvalue weighted by Gasteiger charge is -2.09. The van der Waals surface area contributed by atoms with Crippen LogP contribution in [0.15, 0.2) is 85.5 Å². The van der Waals surface area contributed by atoms with Gasteiger partial charge in [0, 0.05) is 10.6 Å². The molecule has 0 nitrogen and oxygen atoms in total. The molecule has 0 aliphatic carbocycles. The van der Waals surface area contributed by atoms with E-state index in [9.17, 15) is 0 Å². The van der Waals surface area contributed by atoms with Crippen LogP contribution in [0.25, 0.3) is 21.7 Å². The second-order valence-electron chi connectivity index (χ2n) is 5.06. The fourth-order valence-corrected chi connectivity index (χ4v) is 5.26. The zero-order chi connectivity index (χ0) is 14.5. The molecular weight excluding hydrogens is 271 g/mol. The molecule has 0 saturated carbocycles. The van der Waals surface area contributed by atoms with Gasteiger partial charge < -0.3 is 0 Å². The molecule has 21 heavy (non-hydrogen) atoms. The molecule has 1 heterocycles. The second kappa shape index (κ2) is 6.61. The number of hydrogen-bond acceptors (Lipinski definition) is 0. The predicted molar refractivity (Wildman–Crippen MR) is 94.8 cm³/mol. The largest absolute Gasteiger partial charge is 0.108 e. The van der Waals surface area contributed by atoms with Gasteiger partial charge in [0.1, 0.15) is 0 Å². The molecule has 0 saturated heterocycles. The van der Waals surface area contributed by atoms with Crippen LogP contribution >= 0.6 is 7.53 Å². The van der Waals surface area contributed by atoms with Gasteiger partial charge in [0.15, 0.2) is 0 Å². The van der Waals surface area contributed by atoms with Crippen molar-refractivity contribution >= 4 is 7.53 Å². The van der Waals surface area contributed by atoms with Crippen LogP contribution < -0.4 is 0 Å². The molecule has 104 valence electrons. The van der Waals surface area contributed by atoms with Gasteiger partial charge >= 0.3 is 0 Å². The Morgan fingerprint density at radius 2 is 1.19 bits per heavy atom. The van der Waals surface area contributed by atoms with Crippen LogP contribution in [0.5, 0.6) is 0 Å². The molecule has 0 unspecified atom stereocenters. The van der Waals surface area contributed by atoms with Crippen LogP contribution in [0.2, 0.25) is 0 Å². The molecule has 2 aromatic carbocycles. The monoisotopic (exact) mass is 290 g/mol. The molecule has 0 fully saturated rings. The standard InChI is InChI=1S/C20H19P/c1-2-3-16-21-19(17-10-6-4-7-11-17)14-15-20(21)18-12-8-5-9-13-18/h2,4-15H,1,3,16H2. The quantitative estimate of drug-likeness (QED) is 0.465. The SMILES string of the molecule is C=CCCp1c(-c2ccccc2)ccc1-c1ccccc1. The lowest BCUT2D eigenvalue weighted by Crippen LogP contribution is -1.76. The first kappa shape index (κ1) is 13.9. The van der Waals surface area contributed by atoms with Crippen molar-refractivity contribution in [1.82, 2.24) is 0 Å². The normalized spacial score (nSPS) is 10.5. The number of allylic oxidation sites excluding steroid dienone is 1. The van der Waals surface area contributed by atoms with E-state index in [1.807, 2.05) is 6.08 Å². The average Bonchev–Trinajstić information content (AvgIpc) is 2.98.